The first-order valence-electron chi connectivity index (χ1n) is 1.88. The Morgan fingerprint density at radius 1 is 2.00 bits per heavy atom. The van der Waals surface area contributed by atoms with Gasteiger partial charge in [0.25, 0.3) is 0 Å². The van der Waals surface area contributed by atoms with E-state index in [0.717, 1.165) is 6.54 Å². The zero-order valence-corrected chi connectivity index (χ0v) is 3.27. The van der Waals surface area contributed by atoms with E-state index in [9.17, 15) is 4.79 Å². The molecule has 1 rings (SSSR count). The predicted molar refractivity (Wildman–Crippen MR) is 22.1 cm³/mol. The van der Waals surface area contributed by atoms with Crippen molar-refractivity contribution in [2.24, 2.45) is 0 Å². The molecule has 0 radical (unpaired) electrons. The van der Waals surface area contributed by atoms with E-state index in [0.29, 0.717) is 6.04 Å². The molecule has 1 aliphatic rings. The van der Waals surface area contributed by atoms with E-state index in [1.807, 2.05) is 0 Å². The summed E-state index contributed by atoms with van der Waals surface area (Å²) in [5.41, 5.74) is 0. The van der Waals surface area contributed by atoms with Gasteiger partial charge in [0.15, 0.2) is 0 Å². The van der Waals surface area contributed by atoms with Gasteiger partial charge in [-0.25, -0.2) is 4.79 Å². The van der Waals surface area contributed by atoms with Crippen LogP contribution in [0.5, 0.6) is 0 Å². The Balaban J connectivity index is 2.33. The zero-order valence-electron chi connectivity index (χ0n) is 3.27. The second-order valence-corrected chi connectivity index (χ2v) is 1.30. The molecule has 0 spiro atoms. The second-order valence-electron chi connectivity index (χ2n) is 1.30. The summed E-state index contributed by atoms with van der Waals surface area (Å²) in [5.74, 6) is 1.69. The van der Waals surface area contributed by atoms with Crippen LogP contribution in [-0.2, 0) is 4.79 Å². The topological polar surface area (TPSA) is 39.0 Å². The van der Waals surface area contributed by atoms with Crippen molar-refractivity contribution in [3.63, 3.8) is 0 Å². The van der Waals surface area contributed by atoms with Crippen molar-refractivity contribution < 1.29 is 4.79 Å². The smallest absolute Gasteiger partial charge is 0.121 e. The van der Waals surface area contributed by atoms with Crippen molar-refractivity contribution in [2.75, 3.05) is 6.54 Å². The normalized spacial score (nSPS) is 28.3. The third-order valence-corrected chi connectivity index (χ3v) is 0.709. The van der Waals surface area contributed by atoms with E-state index < -0.39 is 0 Å². The predicted octanol–water partition coefficient (Wildman–Crippen LogP) is -0.654. The highest BCUT2D eigenvalue weighted by Gasteiger charge is 2.15. The third kappa shape index (κ3) is 0.677. The van der Waals surface area contributed by atoms with Crippen LogP contribution in [0.2, 0.25) is 0 Å². The molecule has 0 bridgehead atoms. The Kier molecular flexibility index (Phi) is 0.748. The number of hydrogen-bond donors (Lipinski definition) is 1. The Morgan fingerprint density at radius 3 is 2.83 bits per heavy atom. The van der Waals surface area contributed by atoms with Gasteiger partial charge in [-0.2, -0.15) is 0 Å². The van der Waals surface area contributed by atoms with Gasteiger partial charge in [0.2, 0.25) is 0 Å². The molecule has 0 aromatic carbocycles. The van der Waals surface area contributed by atoms with Crippen LogP contribution < -0.4 is 5.32 Å². The lowest BCUT2D eigenvalue weighted by molar-refractivity contribution is 0.568. The highest BCUT2D eigenvalue weighted by Crippen LogP contribution is 1.93. The van der Waals surface area contributed by atoms with Crippen molar-refractivity contribution >= 4 is 5.94 Å². The fourth-order valence-corrected chi connectivity index (χ4v) is 0.268. The number of carbonyl (C=O) groups excluding carboxylic acids is 1. The molecular weight excluding hydrogens is 78.0 g/mol. The van der Waals surface area contributed by atoms with Gasteiger partial charge in [0.05, 0.1) is 0 Å². The van der Waals surface area contributed by atoms with Crippen molar-refractivity contribution in [3.8, 4) is 0 Å². The van der Waals surface area contributed by atoms with Crippen LogP contribution >= 0.6 is 0 Å². The van der Waals surface area contributed by atoms with Gasteiger partial charge in [-0.3, -0.25) is 0 Å². The van der Waals surface area contributed by atoms with Gasteiger partial charge in [-0.1, -0.05) is 0 Å². The molecule has 0 saturated carbocycles. The van der Waals surface area contributed by atoms with Crippen LogP contribution in [0, 0.1) is 0 Å². The molecule has 6 heavy (non-hydrogen) atoms. The standard InChI is InChI=1S/C4H5NO/c6-2-1-4-3-5-4/h1,4-5H,3H2. The minimum atomic E-state index is 0.350. The maximum atomic E-state index is 9.43. The van der Waals surface area contributed by atoms with E-state index in [4.69, 9.17) is 0 Å². The third-order valence-electron chi connectivity index (χ3n) is 0.709. The van der Waals surface area contributed by atoms with E-state index >= 15 is 0 Å². The lowest BCUT2D eigenvalue weighted by Gasteiger charge is -1.59. The first-order valence-corrected chi connectivity index (χ1v) is 1.88. The highest BCUT2D eigenvalue weighted by molar-refractivity contribution is 5.47. The minimum absolute atomic E-state index is 0.350. The number of rotatable bonds is 1. The molecule has 0 aromatic rings. The fraction of sp³-hybridized carbons (Fsp3) is 0.500. The minimum Gasteiger partial charge on any atom is -0.307 e. The largest absolute Gasteiger partial charge is 0.307 e. The average molecular weight is 83.1 g/mol. The summed E-state index contributed by atoms with van der Waals surface area (Å²) < 4.78 is 0. The monoisotopic (exact) mass is 83.0 g/mol. The van der Waals surface area contributed by atoms with Crippen LogP contribution in [0.1, 0.15) is 0 Å². The van der Waals surface area contributed by atoms with Crippen molar-refractivity contribution in [3.05, 3.63) is 6.08 Å². The highest BCUT2D eigenvalue weighted by atomic mass is 16.1. The summed E-state index contributed by atoms with van der Waals surface area (Å²) in [6.45, 7) is 0.954. The zero-order chi connectivity index (χ0) is 4.41. The Morgan fingerprint density at radius 2 is 2.67 bits per heavy atom. The molecule has 1 unspecified atom stereocenters. The van der Waals surface area contributed by atoms with Gasteiger partial charge >= 0.3 is 0 Å². The summed E-state index contributed by atoms with van der Waals surface area (Å²) in [7, 11) is 0. The summed E-state index contributed by atoms with van der Waals surface area (Å²) in [4.78, 5) is 9.43. The lowest BCUT2D eigenvalue weighted by atomic mass is 10.5. The Hall–Kier alpha value is -0.590. The average Bonchev–Trinajstić information content (AvgIpc) is 2.21. The molecule has 1 aliphatic heterocycles. The quantitative estimate of drug-likeness (QED) is 0.338. The summed E-state index contributed by atoms with van der Waals surface area (Å²) in [5, 5.41) is 2.92. The lowest BCUT2D eigenvalue weighted by Crippen LogP contribution is -1.79. The van der Waals surface area contributed by atoms with Crippen LogP contribution in [-0.4, -0.2) is 18.5 Å². The molecule has 1 N–H and O–H groups in total. The summed E-state index contributed by atoms with van der Waals surface area (Å²) >= 11 is 0. The van der Waals surface area contributed by atoms with Gasteiger partial charge < -0.3 is 5.32 Å². The molecule has 2 heteroatoms. The first kappa shape index (κ1) is 3.59. The number of nitrogens with one attached hydrogen (secondary N) is 1. The molecule has 1 fully saturated rings. The van der Waals surface area contributed by atoms with E-state index in [2.05, 4.69) is 5.32 Å². The summed E-state index contributed by atoms with van der Waals surface area (Å²) in [6.07, 6.45) is 1.49. The van der Waals surface area contributed by atoms with E-state index in [1.54, 1.807) is 5.94 Å². The molecule has 1 heterocycles. The van der Waals surface area contributed by atoms with Crippen LogP contribution in [0.15, 0.2) is 6.08 Å². The maximum Gasteiger partial charge on any atom is 0.121 e. The maximum absolute atomic E-state index is 9.43. The molecule has 0 aromatic heterocycles. The van der Waals surface area contributed by atoms with E-state index in [-0.39, 0.29) is 0 Å². The van der Waals surface area contributed by atoms with Gasteiger partial charge in [0.1, 0.15) is 5.94 Å². The molecule has 1 atom stereocenters. The Labute approximate surface area is 35.9 Å². The molecular formula is C4H5NO. The van der Waals surface area contributed by atoms with Crippen molar-refractivity contribution in [1.29, 1.82) is 0 Å². The van der Waals surface area contributed by atoms with Crippen LogP contribution in [0.4, 0.5) is 0 Å². The molecule has 2 nitrogen and oxygen atoms in total. The Bertz CT molecular complexity index is 89.7. The second kappa shape index (κ2) is 1.25. The van der Waals surface area contributed by atoms with Gasteiger partial charge in [0, 0.05) is 18.7 Å². The van der Waals surface area contributed by atoms with Crippen molar-refractivity contribution in [1.82, 2.24) is 5.32 Å². The summed E-state index contributed by atoms with van der Waals surface area (Å²) in [6, 6.07) is 0.350. The molecule has 0 aliphatic carbocycles. The molecule has 1 saturated heterocycles. The fourth-order valence-electron chi connectivity index (χ4n) is 0.268. The van der Waals surface area contributed by atoms with Crippen LogP contribution in [0.25, 0.3) is 0 Å². The first-order chi connectivity index (χ1) is 2.93. The van der Waals surface area contributed by atoms with E-state index in [1.165, 1.54) is 6.08 Å². The molecule has 32 valence electrons. The SMILES string of the molecule is O=C=CC1CN1. The van der Waals surface area contributed by atoms with Gasteiger partial charge in [-0.15, -0.1) is 0 Å². The number of hydrogen-bond acceptors (Lipinski definition) is 2. The van der Waals surface area contributed by atoms with Crippen LogP contribution in [0.3, 0.4) is 0 Å². The molecule has 0 amide bonds. The van der Waals surface area contributed by atoms with Gasteiger partial charge in [-0.05, 0) is 0 Å². The van der Waals surface area contributed by atoms with Crippen molar-refractivity contribution in [2.45, 2.75) is 6.04 Å².